The van der Waals surface area contributed by atoms with Crippen LogP contribution in [-0.4, -0.2) is 31.3 Å². The van der Waals surface area contributed by atoms with Gasteiger partial charge in [-0.3, -0.25) is 9.59 Å². The molecule has 0 saturated heterocycles. The first-order valence-electron chi connectivity index (χ1n) is 10.4. The van der Waals surface area contributed by atoms with Crippen LogP contribution in [0.2, 0.25) is 0 Å². The van der Waals surface area contributed by atoms with Crippen molar-refractivity contribution in [1.29, 1.82) is 0 Å². The summed E-state index contributed by atoms with van der Waals surface area (Å²) in [5, 5.41) is 1.94. The fourth-order valence-electron chi connectivity index (χ4n) is 3.17. The number of hydrogen-bond acceptors (Lipinski definition) is 4. The van der Waals surface area contributed by atoms with Crippen LogP contribution < -0.4 is 11.1 Å². The lowest BCUT2D eigenvalue weighted by atomic mass is 10.0. The maximum absolute atomic E-state index is 14.7. The number of primary amides is 1. The van der Waals surface area contributed by atoms with Gasteiger partial charge in [-0.1, -0.05) is 32.9 Å². The maximum atomic E-state index is 14.7. The molecule has 0 radical (unpaired) electrons. The zero-order valence-corrected chi connectivity index (χ0v) is 19.8. The van der Waals surface area contributed by atoms with Gasteiger partial charge >= 0.3 is 0 Å². The molecule has 2 amide bonds. The van der Waals surface area contributed by atoms with Crippen molar-refractivity contribution in [2.75, 3.05) is 0 Å². The Morgan fingerprint density at radius 1 is 1.09 bits per heavy atom. The van der Waals surface area contributed by atoms with E-state index in [2.05, 4.69) is 10.3 Å². The van der Waals surface area contributed by atoms with Crippen molar-refractivity contribution in [3.05, 3.63) is 59.3 Å². The molecule has 2 atom stereocenters. The number of halogens is 2. The summed E-state index contributed by atoms with van der Waals surface area (Å²) >= 11 is 0. The number of carbonyl (C=O) groups is 2. The van der Waals surface area contributed by atoms with Gasteiger partial charge < -0.3 is 16.0 Å². The lowest BCUT2D eigenvalue weighted by Crippen LogP contribution is -2.42. The first-order chi connectivity index (χ1) is 15.4. The van der Waals surface area contributed by atoms with Crippen LogP contribution in [0.15, 0.2) is 46.2 Å². The quantitative estimate of drug-likeness (QED) is 0.497. The molecule has 2 aromatic carbocycles. The molecule has 1 heterocycles. The number of sulfone groups is 1. The first-order valence-corrected chi connectivity index (χ1v) is 11.8. The van der Waals surface area contributed by atoms with E-state index in [1.807, 2.05) is 13.8 Å². The molecule has 0 bridgehead atoms. The molecule has 0 spiro atoms. The molecule has 0 fully saturated rings. The third kappa shape index (κ3) is 5.05. The van der Waals surface area contributed by atoms with Crippen molar-refractivity contribution >= 4 is 32.6 Å². The number of nitrogens with one attached hydrogen (secondary N) is 2. The van der Waals surface area contributed by atoms with Crippen molar-refractivity contribution in [3.63, 3.8) is 0 Å². The number of aryl methyl sites for hydroxylation is 1. The van der Waals surface area contributed by atoms with Crippen molar-refractivity contribution in [2.24, 2.45) is 11.7 Å². The Kier molecular flexibility index (Phi) is 7.97. The van der Waals surface area contributed by atoms with Crippen LogP contribution in [0.3, 0.4) is 0 Å². The minimum atomic E-state index is -4.42. The van der Waals surface area contributed by atoms with E-state index in [0.29, 0.717) is 5.56 Å². The molecule has 2 unspecified atom stereocenters. The normalized spacial score (nSPS) is 13.1. The molecule has 0 aliphatic heterocycles. The first kappa shape index (κ1) is 26.0. The molecule has 178 valence electrons. The molecule has 0 saturated carbocycles. The molecule has 0 aliphatic rings. The van der Waals surface area contributed by atoms with Gasteiger partial charge in [-0.25, -0.2) is 17.2 Å². The fourth-order valence-corrected chi connectivity index (χ4v) is 4.89. The highest BCUT2D eigenvalue weighted by molar-refractivity contribution is 7.91. The molecular formula is C23H27F2N3O4S. The number of amides is 2. The number of H-pyrrole nitrogens is 1. The second-order valence-electron chi connectivity index (χ2n) is 7.39. The van der Waals surface area contributed by atoms with Crippen molar-refractivity contribution in [2.45, 2.75) is 50.5 Å². The molecule has 3 rings (SSSR count). The van der Waals surface area contributed by atoms with Crippen LogP contribution in [0.25, 0.3) is 10.9 Å². The van der Waals surface area contributed by atoms with E-state index < -0.39 is 61.2 Å². The zero-order chi connectivity index (χ0) is 25.1. The van der Waals surface area contributed by atoms with Crippen molar-refractivity contribution < 1.29 is 26.8 Å². The predicted octanol–water partition coefficient (Wildman–Crippen LogP) is 3.85. The van der Waals surface area contributed by atoms with Gasteiger partial charge in [0, 0.05) is 6.04 Å². The second kappa shape index (κ2) is 10.1. The van der Waals surface area contributed by atoms with E-state index in [1.165, 1.54) is 32.0 Å². The number of aromatic amines is 1. The van der Waals surface area contributed by atoms with E-state index in [1.54, 1.807) is 13.0 Å². The summed E-state index contributed by atoms with van der Waals surface area (Å²) < 4.78 is 55.5. The number of aromatic nitrogens is 1. The molecule has 7 nitrogen and oxygen atoms in total. The van der Waals surface area contributed by atoms with Crippen LogP contribution in [0.5, 0.6) is 0 Å². The lowest BCUT2D eigenvalue weighted by Gasteiger charge is -2.18. The predicted molar refractivity (Wildman–Crippen MR) is 121 cm³/mol. The Balaban J connectivity index is 0.00000187. The van der Waals surface area contributed by atoms with E-state index >= 15 is 0 Å². The van der Waals surface area contributed by atoms with Crippen LogP contribution >= 0.6 is 0 Å². The van der Waals surface area contributed by atoms with Gasteiger partial charge in [0.1, 0.15) is 10.6 Å². The molecular weight excluding hydrogens is 452 g/mol. The van der Waals surface area contributed by atoms with Gasteiger partial charge in [0.25, 0.3) is 5.91 Å². The number of hydrogen-bond donors (Lipinski definition) is 3. The number of fused-ring (bicyclic) bond motifs is 1. The molecule has 1 aromatic heterocycles. The van der Waals surface area contributed by atoms with Crippen LogP contribution in [0.1, 0.15) is 43.7 Å². The average molecular weight is 480 g/mol. The van der Waals surface area contributed by atoms with E-state index in [-0.39, 0.29) is 10.4 Å². The van der Waals surface area contributed by atoms with Crippen molar-refractivity contribution in [3.8, 4) is 0 Å². The molecule has 10 heteroatoms. The van der Waals surface area contributed by atoms with Gasteiger partial charge in [-0.15, -0.1) is 0 Å². The number of rotatable bonds is 6. The summed E-state index contributed by atoms with van der Waals surface area (Å²) in [6, 6.07) is 7.08. The van der Waals surface area contributed by atoms with Gasteiger partial charge in [0.15, 0.2) is 11.6 Å². The Bertz CT molecular complexity index is 1300. The number of benzene rings is 2. The molecule has 33 heavy (non-hydrogen) atoms. The van der Waals surface area contributed by atoms with E-state index in [4.69, 9.17) is 5.73 Å². The van der Waals surface area contributed by atoms with Gasteiger partial charge in [0.2, 0.25) is 15.7 Å². The summed E-state index contributed by atoms with van der Waals surface area (Å²) in [6.45, 7) is 8.69. The van der Waals surface area contributed by atoms with Crippen LogP contribution in [0.4, 0.5) is 8.78 Å². The highest BCUT2D eigenvalue weighted by Crippen LogP contribution is 2.34. The minimum absolute atomic E-state index is 0.0640. The lowest BCUT2D eigenvalue weighted by molar-refractivity contribution is -0.121. The second-order valence-corrected chi connectivity index (χ2v) is 9.27. The molecule has 3 aromatic rings. The monoisotopic (exact) mass is 479 g/mol. The van der Waals surface area contributed by atoms with Gasteiger partial charge in [0.05, 0.1) is 21.7 Å². The van der Waals surface area contributed by atoms with Crippen LogP contribution in [0, 0.1) is 24.5 Å². The smallest absolute Gasteiger partial charge is 0.269 e. The fraction of sp³-hybridized carbons (Fsp3) is 0.304. The minimum Gasteiger partial charge on any atom is -0.369 e. The molecule has 4 N–H and O–H groups in total. The topological polar surface area (TPSA) is 122 Å². The van der Waals surface area contributed by atoms with E-state index in [0.717, 1.165) is 12.1 Å². The van der Waals surface area contributed by atoms with Gasteiger partial charge in [-0.2, -0.15) is 0 Å². The summed E-state index contributed by atoms with van der Waals surface area (Å²) in [5.74, 6) is -4.96. The highest BCUT2D eigenvalue weighted by atomic mass is 32.2. The average Bonchev–Trinajstić information content (AvgIpc) is 3.18. The zero-order valence-electron chi connectivity index (χ0n) is 19.0. The van der Waals surface area contributed by atoms with E-state index in [9.17, 15) is 26.8 Å². The summed E-state index contributed by atoms with van der Waals surface area (Å²) in [6.07, 6.45) is 0. The Hall–Kier alpha value is -3.27. The standard InChI is InChI=1S/C21H21F2N3O4S.C2H6/c1-10-5-4-6-13(9-10)31(29,30)19-16-15(8-7-14(22)17(16)23)26-18(19)21(28)25-12(3)11(2)20(24)27;1-2/h4-9,11-12,26H,1-3H3,(H2,24,27)(H,25,28);1-2H3. The highest BCUT2D eigenvalue weighted by Gasteiger charge is 2.33. The maximum Gasteiger partial charge on any atom is 0.269 e. The van der Waals surface area contributed by atoms with Crippen molar-refractivity contribution in [1.82, 2.24) is 10.3 Å². The Morgan fingerprint density at radius 3 is 2.30 bits per heavy atom. The summed E-state index contributed by atoms with van der Waals surface area (Å²) in [4.78, 5) is 26.1. The largest absolute Gasteiger partial charge is 0.369 e. The Labute approximate surface area is 191 Å². The third-order valence-electron chi connectivity index (χ3n) is 5.16. The molecule has 0 aliphatic carbocycles. The van der Waals surface area contributed by atoms with Crippen LogP contribution in [-0.2, 0) is 14.6 Å². The number of carbonyl (C=O) groups excluding carboxylic acids is 2. The Morgan fingerprint density at radius 2 is 1.73 bits per heavy atom. The third-order valence-corrected chi connectivity index (χ3v) is 6.98. The van der Waals surface area contributed by atoms with Gasteiger partial charge in [-0.05, 0) is 43.7 Å². The SMILES string of the molecule is CC.Cc1cccc(S(=O)(=O)c2c(C(=O)NC(C)C(C)C(N)=O)[nH]c3ccc(F)c(F)c23)c1. The summed E-state index contributed by atoms with van der Waals surface area (Å²) in [5.41, 5.74) is 5.35. The summed E-state index contributed by atoms with van der Waals surface area (Å²) in [7, 11) is -4.42. The number of nitrogens with two attached hydrogens (primary N) is 1.